The minimum Gasteiger partial charge on any atom is -0.497 e. The summed E-state index contributed by atoms with van der Waals surface area (Å²) in [6.45, 7) is 7.04. The molecule has 2 aromatic carbocycles. The SMILES string of the molecule is CCCC(=O)N(Cc1cccc(OC)c1)C(Cc1ccccc1)C(=O)NCC(C)C. The first kappa shape index (κ1) is 23.5. The van der Waals surface area contributed by atoms with Crippen LogP contribution in [-0.4, -0.2) is 36.4 Å². The summed E-state index contributed by atoms with van der Waals surface area (Å²) in [7, 11) is 1.62. The van der Waals surface area contributed by atoms with Crippen LogP contribution >= 0.6 is 0 Å². The molecule has 2 aromatic rings. The number of ether oxygens (including phenoxy) is 1. The summed E-state index contributed by atoms with van der Waals surface area (Å²) in [4.78, 5) is 28.0. The second-order valence-corrected chi connectivity index (χ2v) is 7.97. The van der Waals surface area contributed by atoms with Gasteiger partial charge in [-0.15, -0.1) is 0 Å². The molecule has 5 nitrogen and oxygen atoms in total. The van der Waals surface area contributed by atoms with E-state index in [-0.39, 0.29) is 11.8 Å². The van der Waals surface area contributed by atoms with E-state index < -0.39 is 6.04 Å². The van der Waals surface area contributed by atoms with Gasteiger partial charge in [-0.3, -0.25) is 9.59 Å². The van der Waals surface area contributed by atoms with Gasteiger partial charge >= 0.3 is 0 Å². The van der Waals surface area contributed by atoms with Crippen LogP contribution in [0.15, 0.2) is 54.6 Å². The van der Waals surface area contributed by atoms with Gasteiger partial charge in [0.15, 0.2) is 0 Å². The number of benzene rings is 2. The third-order valence-electron chi connectivity index (χ3n) is 4.91. The molecule has 0 spiro atoms. The van der Waals surface area contributed by atoms with Crippen molar-refractivity contribution in [1.82, 2.24) is 10.2 Å². The summed E-state index contributed by atoms with van der Waals surface area (Å²) in [5.74, 6) is 0.949. The van der Waals surface area contributed by atoms with Gasteiger partial charge in [-0.1, -0.05) is 63.2 Å². The lowest BCUT2D eigenvalue weighted by Crippen LogP contribution is -2.51. The quantitative estimate of drug-likeness (QED) is 0.604. The second-order valence-electron chi connectivity index (χ2n) is 7.97. The molecule has 1 unspecified atom stereocenters. The maximum absolute atomic E-state index is 13.2. The number of rotatable bonds is 11. The first-order chi connectivity index (χ1) is 14.4. The van der Waals surface area contributed by atoms with E-state index in [0.29, 0.717) is 31.8 Å². The fourth-order valence-corrected chi connectivity index (χ4v) is 3.30. The summed E-state index contributed by atoms with van der Waals surface area (Å²) in [6, 6.07) is 16.9. The first-order valence-electron chi connectivity index (χ1n) is 10.7. The molecule has 0 heterocycles. The normalized spacial score (nSPS) is 11.8. The van der Waals surface area contributed by atoms with Crippen molar-refractivity contribution < 1.29 is 14.3 Å². The fraction of sp³-hybridized carbons (Fsp3) is 0.440. The lowest BCUT2D eigenvalue weighted by Gasteiger charge is -2.32. The zero-order valence-corrected chi connectivity index (χ0v) is 18.6. The molecule has 0 aliphatic carbocycles. The number of methoxy groups -OCH3 is 1. The van der Waals surface area contributed by atoms with Gasteiger partial charge < -0.3 is 15.0 Å². The third kappa shape index (κ3) is 7.21. The smallest absolute Gasteiger partial charge is 0.243 e. The molecule has 30 heavy (non-hydrogen) atoms. The van der Waals surface area contributed by atoms with Crippen molar-refractivity contribution in [2.45, 2.75) is 52.6 Å². The zero-order chi connectivity index (χ0) is 21.9. The van der Waals surface area contributed by atoms with Crippen molar-refractivity contribution in [2.75, 3.05) is 13.7 Å². The predicted molar refractivity (Wildman–Crippen MR) is 120 cm³/mol. The lowest BCUT2D eigenvalue weighted by molar-refractivity contribution is -0.141. The molecular weight excluding hydrogens is 376 g/mol. The third-order valence-corrected chi connectivity index (χ3v) is 4.91. The highest BCUT2D eigenvalue weighted by atomic mass is 16.5. The van der Waals surface area contributed by atoms with Crippen molar-refractivity contribution in [3.8, 4) is 5.75 Å². The molecule has 0 radical (unpaired) electrons. The van der Waals surface area contributed by atoms with Gasteiger partial charge in [-0.25, -0.2) is 0 Å². The largest absolute Gasteiger partial charge is 0.497 e. The molecule has 1 N–H and O–H groups in total. The number of nitrogens with zero attached hydrogens (tertiary/aromatic N) is 1. The average Bonchev–Trinajstić information content (AvgIpc) is 2.75. The van der Waals surface area contributed by atoms with Gasteiger partial charge in [0.1, 0.15) is 11.8 Å². The van der Waals surface area contributed by atoms with Crippen molar-refractivity contribution in [2.24, 2.45) is 5.92 Å². The Labute approximate surface area is 180 Å². The summed E-state index contributed by atoms with van der Waals surface area (Å²) in [6.07, 6.45) is 1.62. The van der Waals surface area contributed by atoms with E-state index >= 15 is 0 Å². The Kier molecular flexibility index (Phi) is 9.39. The van der Waals surface area contributed by atoms with Crippen LogP contribution in [0.2, 0.25) is 0 Å². The van der Waals surface area contributed by atoms with Crippen LogP contribution in [0.5, 0.6) is 5.75 Å². The Balaban J connectivity index is 2.35. The molecule has 2 amide bonds. The number of carbonyl (C=O) groups excluding carboxylic acids is 2. The highest BCUT2D eigenvalue weighted by Crippen LogP contribution is 2.19. The van der Waals surface area contributed by atoms with Gasteiger partial charge in [0.05, 0.1) is 7.11 Å². The molecule has 5 heteroatoms. The summed E-state index contributed by atoms with van der Waals surface area (Å²) in [5.41, 5.74) is 1.97. The van der Waals surface area contributed by atoms with E-state index in [1.165, 1.54) is 0 Å². The van der Waals surface area contributed by atoms with Crippen molar-refractivity contribution in [3.05, 3.63) is 65.7 Å². The van der Waals surface area contributed by atoms with Crippen LogP contribution in [0, 0.1) is 5.92 Å². The monoisotopic (exact) mass is 410 g/mol. The molecule has 1 atom stereocenters. The molecule has 0 saturated heterocycles. The zero-order valence-electron chi connectivity index (χ0n) is 18.6. The Morgan fingerprint density at radius 3 is 2.37 bits per heavy atom. The lowest BCUT2D eigenvalue weighted by atomic mass is 10.0. The number of carbonyl (C=O) groups is 2. The standard InChI is InChI=1S/C25H34N2O3/c1-5-10-24(28)27(18-21-13-9-14-22(15-21)30-4)23(25(29)26-17-19(2)3)16-20-11-7-6-8-12-20/h6-9,11-15,19,23H,5,10,16-18H2,1-4H3,(H,26,29). The molecule has 162 valence electrons. The van der Waals surface area contributed by atoms with Crippen LogP contribution in [0.25, 0.3) is 0 Å². The summed E-state index contributed by atoms with van der Waals surface area (Å²) >= 11 is 0. The average molecular weight is 411 g/mol. The second kappa shape index (κ2) is 12.0. The number of nitrogens with one attached hydrogen (secondary N) is 1. The maximum atomic E-state index is 13.2. The van der Waals surface area contributed by atoms with Crippen LogP contribution in [0.3, 0.4) is 0 Å². The van der Waals surface area contributed by atoms with Crippen molar-refractivity contribution in [1.29, 1.82) is 0 Å². The van der Waals surface area contributed by atoms with Gasteiger partial charge in [-0.05, 0) is 35.6 Å². The van der Waals surface area contributed by atoms with Gasteiger partial charge in [0, 0.05) is 25.9 Å². The van der Waals surface area contributed by atoms with Crippen molar-refractivity contribution >= 4 is 11.8 Å². The van der Waals surface area contributed by atoms with Crippen LogP contribution < -0.4 is 10.1 Å². The minimum absolute atomic E-state index is 0.0130. The van der Waals surface area contributed by atoms with E-state index in [9.17, 15) is 9.59 Å². The van der Waals surface area contributed by atoms with Gasteiger partial charge in [0.2, 0.25) is 11.8 Å². The number of hydrogen-bond acceptors (Lipinski definition) is 3. The topological polar surface area (TPSA) is 58.6 Å². The molecule has 0 aliphatic heterocycles. The summed E-state index contributed by atoms with van der Waals surface area (Å²) in [5, 5.41) is 3.03. The highest BCUT2D eigenvalue weighted by molar-refractivity contribution is 5.88. The molecule has 0 aliphatic rings. The predicted octanol–water partition coefficient (Wildman–Crippen LogP) is 4.21. The molecule has 0 saturated carbocycles. The number of hydrogen-bond donors (Lipinski definition) is 1. The molecule has 0 fully saturated rings. The van der Waals surface area contributed by atoms with Crippen LogP contribution in [-0.2, 0) is 22.6 Å². The molecular formula is C25H34N2O3. The minimum atomic E-state index is -0.573. The molecule has 0 aromatic heterocycles. The summed E-state index contributed by atoms with van der Waals surface area (Å²) < 4.78 is 5.33. The van der Waals surface area contributed by atoms with E-state index in [2.05, 4.69) is 19.2 Å². The van der Waals surface area contributed by atoms with E-state index in [0.717, 1.165) is 23.3 Å². The Morgan fingerprint density at radius 2 is 1.73 bits per heavy atom. The first-order valence-corrected chi connectivity index (χ1v) is 10.7. The van der Waals surface area contributed by atoms with E-state index in [1.54, 1.807) is 12.0 Å². The Morgan fingerprint density at radius 1 is 1.03 bits per heavy atom. The van der Waals surface area contributed by atoms with Crippen LogP contribution in [0.4, 0.5) is 0 Å². The fourth-order valence-electron chi connectivity index (χ4n) is 3.30. The van der Waals surface area contributed by atoms with Gasteiger partial charge in [0.25, 0.3) is 0 Å². The Bertz CT molecular complexity index is 805. The van der Waals surface area contributed by atoms with Crippen molar-refractivity contribution in [3.63, 3.8) is 0 Å². The molecule has 2 rings (SSSR count). The highest BCUT2D eigenvalue weighted by Gasteiger charge is 2.30. The molecule has 0 bridgehead atoms. The van der Waals surface area contributed by atoms with E-state index in [1.807, 2.05) is 61.5 Å². The number of amides is 2. The maximum Gasteiger partial charge on any atom is 0.243 e. The van der Waals surface area contributed by atoms with Gasteiger partial charge in [-0.2, -0.15) is 0 Å². The Hall–Kier alpha value is -2.82. The van der Waals surface area contributed by atoms with Crippen LogP contribution in [0.1, 0.15) is 44.7 Å². The van der Waals surface area contributed by atoms with E-state index in [4.69, 9.17) is 4.74 Å².